The van der Waals surface area contributed by atoms with Crippen molar-refractivity contribution >= 4 is 40.4 Å². The van der Waals surface area contributed by atoms with E-state index >= 15 is 0 Å². The van der Waals surface area contributed by atoms with Crippen LogP contribution in [0.15, 0.2) is 42.7 Å². The molecule has 0 saturated heterocycles. The second-order valence-corrected chi connectivity index (χ2v) is 5.77. The predicted molar refractivity (Wildman–Crippen MR) is 88.7 cm³/mol. The van der Waals surface area contributed by atoms with E-state index in [0.29, 0.717) is 21.4 Å². The molecule has 22 heavy (non-hydrogen) atoms. The fraction of sp³-hybridized carbons (Fsp3) is 0.125. The molecule has 1 amide bonds. The number of hydrogen-bond acceptors (Lipinski definition) is 2. The van der Waals surface area contributed by atoms with Crippen LogP contribution < -0.4 is 5.32 Å². The van der Waals surface area contributed by atoms with Crippen LogP contribution in [-0.4, -0.2) is 15.3 Å². The lowest BCUT2D eigenvalue weighted by molar-refractivity contribution is -0.115. The average Bonchev–Trinajstić information content (AvgIpc) is 2.88. The minimum atomic E-state index is -0.190. The van der Waals surface area contributed by atoms with Crippen LogP contribution >= 0.6 is 23.2 Å². The number of nitrogens with one attached hydrogen (secondary N) is 1. The number of hydrogen-bond donors (Lipinski definition) is 1. The fourth-order valence-corrected chi connectivity index (χ4v) is 2.60. The number of rotatable bonds is 3. The summed E-state index contributed by atoms with van der Waals surface area (Å²) >= 11 is 12.0. The molecule has 3 rings (SSSR count). The van der Waals surface area contributed by atoms with Gasteiger partial charge in [-0.05, 0) is 30.7 Å². The maximum absolute atomic E-state index is 12.1. The molecule has 0 aliphatic carbocycles. The summed E-state index contributed by atoms with van der Waals surface area (Å²) in [6.45, 7) is 1.98. The van der Waals surface area contributed by atoms with Gasteiger partial charge in [-0.25, -0.2) is 4.98 Å². The van der Waals surface area contributed by atoms with Crippen molar-refractivity contribution in [3.63, 3.8) is 0 Å². The third-order valence-electron chi connectivity index (χ3n) is 3.30. The van der Waals surface area contributed by atoms with Crippen LogP contribution in [0.2, 0.25) is 10.0 Å². The first kappa shape index (κ1) is 14.9. The lowest BCUT2D eigenvalue weighted by atomic mass is 10.2. The van der Waals surface area contributed by atoms with E-state index in [9.17, 15) is 4.79 Å². The summed E-state index contributed by atoms with van der Waals surface area (Å²) in [6.07, 6.45) is 3.93. The van der Waals surface area contributed by atoms with E-state index < -0.39 is 0 Å². The number of nitrogens with zero attached hydrogens (tertiary/aromatic N) is 2. The third-order valence-corrected chi connectivity index (χ3v) is 4.11. The van der Waals surface area contributed by atoms with Gasteiger partial charge in [0.15, 0.2) is 0 Å². The summed E-state index contributed by atoms with van der Waals surface area (Å²) < 4.78 is 1.91. The lowest BCUT2D eigenvalue weighted by Crippen LogP contribution is -2.14. The van der Waals surface area contributed by atoms with Crippen LogP contribution in [0.1, 0.15) is 11.3 Å². The summed E-state index contributed by atoms with van der Waals surface area (Å²) in [4.78, 5) is 16.6. The van der Waals surface area contributed by atoms with E-state index in [0.717, 1.165) is 11.2 Å². The Bertz CT molecular complexity index is 858. The van der Waals surface area contributed by atoms with E-state index in [1.165, 1.54) is 0 Å². The smallest absolute Gasteiger partial charge is 0.230 e. The number of aromatic nitrogens is 2. The van der Waals surface area contributed by atoms with Crippen molar-refractivity contribution in [3.05, 3.63) is 64.0 Å². The highest BCUT2D eigenvalue weighted by molar-refractivity contribution is 6.43. The molecule has 0 unspecified atom stereocenters. The number of halogens is 2. The topological polar surface area (TPSA) is 46.4 Å². The quantitative estimate of drug-likeness (QED) is 0.783. The first-order chi connectivity index (χ1) is 10.5. The Hall–Kier alpha value is -2.04. The predicted octanol–water partition coefficient (Wildman–Crippen LogP) is 4.13. The highest BCUT2D eigenvalue weighted by Gasteiger charge is 2.11. The monoisotopic (exact) mass is 333 g/mol. The lowest BCUT2D eigenvalue weighted by Gasteiger charge is -2.07. The van der Waals surface area contributed by atoms with Gasteiger partial charge >= 0.3 is 0 Å². The molecular formula is C16H13Cl2N3O. The van der Waals surface area contributed by atoms with Crippen molar-refractivity contribution in [3.8, 4) is 0 Å². The molecule has 0 fully saturated rings. The van der Waals surface area contributed by atoms with E-state index in [-0.39, 0.29) is 12.3 Å². The number of benzene rings is 1. The second-order valence-electron chi connectivity index (χ2n) is 4.98. The largest absolute Gasteiger partial charge is 0.324 e. The van der Waals surface area contributed by atoms with Crippen LogP contribution in [0.5, 0.6) is 0 Å². The molecule has 2 heterocycles. The van der Waals surface area contributed by atoms with Gasteiger partial charge in [0.1, 0.15) is 5.65 Å². The summed E-state index contributed by atoms with van der Waals surface area (Å²) in [5.41, 5.74) is 3.11. The number of amides is 1. The van der Waals surface area contributed by atoms with E-state index in [1.807, 2.05) is 35.9 Å². The zero-order valence-electron chi connectivity index (χ0n) is 11.8. The number of fused-ring (bicyclic) bond motifs is 1. The minimum absolute atomic E-state index is 0.171. The Morgan fingerprint density at radius 2 is 2.09 bits per heavy atom. The minimum Gasteiger partial charge on any atom is -0.324 e. The van der Waals surface area contributed by atoms with Gasteiger partial charge in [0.05, 0.1) is 27.8 Å². The molecule has 0 radical (unpaired) electrons. The summed E-state index contributed by atoms with van der Waals surface area (Å²) in [5, 5.41) is 3.50. The maximum Gasteiger partial charge on any atom is 0.230 e. The van der Waals surface area contributed by atoms with Gasteiger partial charge in [0, 0.05) is 12.4 Å². The molecule has 3 aromatic rings. The van der Waals surface area contributed by atoms with Gasteiger partial charge < -0.3 is 9.72 Å². The Morgan fingerprint density at radius 3 is 2.86 bits per heavy atom. The van der Waals surface area contributed by atoms with Crippen molar-refractivity contribution in [2.75, 3.05) is 5.32 Å². The van der Waals surface area contributed by atoms with Gasteiger partial charge in [0.2, 0.25) is 5.91 Å². The first-order valence-electron chi connectivity index (χ1n) is 6.71. The Morgan fingerprint density at radius 1 is 1.27 bits per heavy atom. The van der Waals surface area contributed by atoms with E-state index in [4.69, 9.17) is 23.2 Å². The van der Waals surface area contributed by atoms with Gasteiger partial charge in [-0.3, -0.25) is 4.79 Å². The zero-order valence-corrected chi connectivity index (χ0v) is 13.3. The van der Waals surface area contributed by atoms with Crippen molar-refractivity contribution in [2.24, 2.45) is 0 Å². The third kappa shape index (κ3) is 2.93. The number of imidazole rings is 1. The molecule has 0 bridgehead atoms. The first-order valence-corrected chi connectivity index (χ1v) is 7.47. The average molecular weight is 334 g/mol. The number of aryl methyl sites for hydroxylation is 1. The molecule has 1 N–H and O–H groups in total. The fourth-order valence-electron chi connectivity index (χ4n) is 2.25. The molecule has 0 saturated carbocycles. The van der Waals surface area contributed by atoms with Gasteiger partial charge in [0.25, 0.3) is 0 Å². The van der Waals surface area contributed by atoms with Crippen LogP contribution in [0.3, 0.4) is 0 Å². The summed E-state index contributed by atoms with van der Waals surface area (Å²) in [6, 6.07) is 9.04. The Labute approximate surface area is 137 Å². The summed E-state index contributed by atoms with van der Waals surface area (Å²) in [5.74, 6) is -0.190. The van der Waals surface area contributed by atoms with Crippen molar-refractivity contribution in [1.29, 1.82) is 0 Å². The van der Waals surface area contributed by atoms with Gasteiger partial charge in [-0.1, -0.05) is 35.3 Å². The zero-order chi connectivity index (χ0) is 15.7. The molecule has 2 aromatic heterocycles. The molecule has 0 spiro atoms. The normalized spacial score (nSPS) is 10.9. The van der Waals surface area contributed by atoms with Crippen molar-refractivity contribution < 1.29 is 4.79 Å². The van der Waals surface area contributed by atoms with Crippen molar-refractivity contribution in [1.82, 2.24) is 9.38 Å². The molecule has 4 nitrogen and oxygen atoms in total. The van der Waals surface area contributed by atoms with Crippen LogP contribution in [0, 0.1) is 6.92 Å². The maximum atomic E-state index is 12.1. The Kier molecular flexibility index (Phi) is 4.05. The molecule has 0 aliphatic rings. The number of carbonyl (C=O) groups excluding carboxylic acids is 1. The molecule has 1 aromatic carbocycles. The second kappa shape index (κ2) is 5.99. The highest BCUT2D eigenvalue weighted by Crippen LogP contribution is 2.29. The standard InChI is InChI=1S/C16H13Cl2N3O/c1-10-4-3-7-21-9-11(19-16(10)21)8-14(22)20-13-6-2-5-12(17)15(13)18/h2-7,9H,8H2,1H3,(H,20,22). The highest BCUT2D eigenvalue weighted by atomic mass is 35.5. The molecule has 0 aliphatic heterocycles. The molecule has 6 heteroatoms. The van der Waals surface area contributed by atoms with Gasteiger partial charge in [-0.2, -0.15) is 0 Å². The number of carbonyl (C=O) groups is 1. The van der Waals surface area contributed by atoms with Crippen molar-refractivity contribution in [2.45, 2.75) is 13.3 Å². The van der Waals surface area contributed by atoms with E-state index in [1.54, 1.807) is 18.2 Å². The molecule has 0 atom stereocenters. The molecule has 112 valence electrons. The number of pyridine rings is 1. The number of anilines is 1. The molecular weight excluding hydrogens is 321 g/mol. The van der Waals surface area contributed by atoms with E-state index in [2.05, 4.69) is 10.3 Å². The van der Waals surface area contributed by atoms with Crippen LogP contribution in [0.4, 0.5) is 5.69 Å². The Balaban J connectivity index is 1.78. The van der Waals surface area contributed by atoms with Crippen LogP contribution in [0.25, 0.3) is 5.65 Å². The van der Waals surface area contributed by atoms with Gasteiger partial charge in [-0.15, -0.1) is 0 Å². The SMILES string of the molecule is Cc1cccn2cc(CC(=O)Nc3cccc(Cl)c3Cl)nc12. The summed E-state index contributed by atoms with van der Waals surface area (Å²) in [7, 11) is 0. The van der Waals surface area contributed by atoms with Crippen LogP contribution in [-0.2, 0) is 11.2 Å².